The van der Waals surface area contributed by atoms with Crippen LogP contribution in [0.1, 0.15) is 40.3 Å². The molecular weight excluding hydrogens is 262 g/mol. The smallest absolute Gasteiger partial charge is 0.157 e. The Kier molecular flexibility index (Phi) is 5.15. The molecule has 1 aromatic heterocycles. The predicted molar refractivity (Wildman–Crippen MR) is 77.7 cm³/mol. The molecule has 0 radical (unpaired) electrons. The largest absolute Gasteiger partial charge is 0.309 e. The van der Waals surface area contributed by atoms with E-state index in [1.165, 1.54) is 0 Å². The summed E-state index contributed by atoms with van der Waals surface area (Å²) < 4.78 is 25.0. The molecule has 1 N–H and O–H groups in total. The maximum absolute atomic E-state index is 12.0. The molecule has 1 aromatic rings. The van der Waals surface area contributed by atoms with Crippen molar-refractivity contribution >= 4 is 9.84 Å². The molecule has 19 heavy (non-hydrogen) atoms. The van der Waals surface area contributed by atoms with Crippen molar-refractivity contribution in [1.82, 2.24) is 15.1 Å². The highest BCUT2D eigenvalue weighted by molar-refractivity contribution is 7.92. The van der Waals surface area contributed by atoms with Crippen molar-refractivity contribution in [3.63, 3.8) is 0 Å². The van der Waals surface area contributed by atoms with Crippen LogP contribution < -0.4 is 5.32 Å². The zero-order valence-corrected chi connectivity index (χ0v) is 13.3. The summed E-state index contributed by atoms with van der Waals surface area (Å²) in [6.45, 7) is 10.4. The first-order chi connectivity index (χ1) is 8.62. The summed E-state index contributed by atoms with van der Waals surface area (Å²) in [6.07, 6.45) is 1.83. The monoisotopic (exact) mass is 287 g/mol. The van der Waals surface area contributed by atoms with Gasteiger partial charge < -0.3 is 5.32 Å². The van der Waals surface area contributed by atoms with Crippen LogP contribution in [0.4, 0.5) is 0 Å². The van der Waals surface area contributed by atoms with Crippen molar-refractivity contribution in [1.29, 1.82) is 0 Å². The lowest BCUT2D eigenvalue weighted by atomic mass is 10.3. The molecule has 110 valence electrons. The first kappa shape index (κ1) is 16.2. The van der Waals surface area contributed by atoms with Crippen LogP contribution in [0.2, 0.25) is 0 Å². The fraction of sp³-hybridized carbons (Fsp3) is 0.769. The number of aromatic nitrogens is 2. The molecule has 6 heteroatoms. The average molecular weight is 287 g/mol. The molecular formula is C13H25N3O2S. The number of rotatable bonds is 6. The summed E-state index contributed by atoms with van der Waals surface area (Å²) in [5.41, 5.74) is 0.932. The van der Waals surface area contributed by atoms with E-state index >= 15 is 0 Å². The van der Waals surface area contributed by atoms with Gasteiger partial charge >= 0.3 is 0 Å². The minimum absolute atomic E-state index is 0.120. The molecule has 0 aliphatic heterocycles. The van der Waals surface area contributed by atoms with Crippen LogP contribution in [0.5, 0.6) is 0 Å². The Bertz CT molecular complexity index is 498. The zero-order valence-electron chi connectivity index (χ0n) is 12.5. The van der Waals surface area contributed by atoms with Crippen molar-refractivity contribution in [2.24, 2.45) is 0 Å². The van der Waals surface area contributed by atoms with E-state index < -0.39 is 14.6 Å². The van der Waals surface area contributed by atoms with Gasteiger partial charge in [-0.05, 0) is 26.8 Å². The van der Waals surface area contributed by atoms with Crippen LogP contribution in [0.25, 0.3) is 0 Å². The van der Waals surface area contributed by atoms with E-state index in [0.29, 0.717) is 19.1 Å². The zero-order chi connectivity index (χ0) is 14.7. The van der Waals surface area contributed by atoms with Gasteiger partial charge in [0.1, 0.15) is 0 Å². The minimum Gasteiger partial charge on any atom is -0.309 e. The molecule has 0 aliphatic carbocycles. The second-order valence-electron chi connectivity index (χ2n) is 6.04. The normalized spacial score (nSPS) is 13.2. The van der Waals surface area contributed by atoms with Gasteiger partial charge in [0.15, 0.2) is 9.84 Å². The second-order valence-corrected chi connectivity index (χ2v) is 8.90. The Morgan fingerprint density at radius 1 is 1.37 bits per heavy atom. The van der Waals surface area contributed by atoms with E-state index in [-0.39, 0.29) is 5.75 Å². The maximum Gasteiger partial charge on any atom is 0.157 e. The Morgan fingerprint density at radius 2 is 2.00 bits per heavy atom. The SMILES string of the molecule is CC(C)NCc1ccn(CCS(=O)(=O)C(C)(C)C)n1. The van der Waals surface area contributed by atoms with Crippen LogP contribution in [0.3, 0.4) is 0 Å². The van der Waals surface area contributed by atoms with Gasteiger partial charge in [-0.1, -0.05) is 13.8 Å². The van der Waals surface area contributed by atoms with Gasteiger partial charge in [0.2, 0.25) is 0 Å². The number of hydrogen-bond donors (Lipinski definition) is 1. The van der Waals surface area contributed by atoms with Gasteiger partial charge in [-0.25, -0.2) is 8.42 Å². The lowest BCUT2D eigenvalue weighted by Crippen LogP contribution is -2.32. The van der Waals surface area contributed by atoms with Crippen LogP contribution in [0.15, 0.2) is 12.3 Å². The molecule has 1 heterocycles. The fourth-order valence-electron chi connectivity index (χ4n) is 1.45. The predicted octanol–water partition coefficient (Wildman–Crippen LogP) is 1.59. The van der Waals surface area contributed by atoms with Gasteiger partial charge in [0.05, 0.1) is 22.7 Å². The van der Waals surface area contributed by atoms with Crippen molar-refractivity contribution < 1.29 is 8.42 Å². The highest BCUT2D eigenvalue weighted by Crippen LogP contribution is 2.16. The van der Waals surface area contributed by atoms with Gasteiger partial charge in [-0.2, -0.15) is 5.10 Å². The Morgan fingerprint density at radius 3 is 2.53 bits per heavy atom. The molecule has 0 fully saturated rings. The van der Waals surface area contributed by atoms with E-state index in [0.717, 1.165) is 5.69 Å². The highest BCUT2D eigenvalue weighted by Gasteiger charge is 2.28. The summed E-state index contributed by atoms with van der Waals surface area (Å²) in [5.74, 6) is 0.120. The lowest BCUT2D eigenvalue weighted by molar-refractivity contribution is 0.543. The first-order valence-corrected chi connectivity index (χ1v) is 8.25. The molecule has 1 rings (SSSR count). The third kappa shape index (κ3) is 4.95. The maximum atomic E-state index is 12.0. The summed E-state index contributed by atoms with van der Waals surface area (Å²) in [4.78, 5) is 0. The van der Waals surface area contributed by atoms with Crippen molar-refractivity contribution in [3.05, 3.63) is 18.0 Å². The second kappa shape index (κ2) is 6.05. The van der Waals surface area contributed by atoms with Crippen LogP contribution in [-0.4, -0.2) is 34.7 Å². The molecule has 0 aliphatic rings. The van der Waals surface area contributed by atoms with E-state index in [2.05, 4.69) is 24.3 Å². The summed E-state index contributed by atoms with van der Waals surface area (Å²) in [5, 5.41) is 7.63. The third-order valence-electron chi connectivity index (χ3n) is 2.91. The number of hydrogen-bond acceptors (Lipinski definition) is 4. The molecule has 0 atom stereocenters. The Balaban J connectivity index is 2.56. The van der Waals surface area contributed by atoms with E-state index in [1.807, 2.05) is 12.3 Å². The number of nitrogens with zero attached hydrogens (tertiary/aromatic N) is 2. The molecule has 0 bridgehead atoms. The standard InChI is InChI=1S/C13H25N3O2S/c1-11(2)14-10-12-6-7-16(15-12)8-9-19(17,18)13(3,4)5/h6-7,11,14H,8-10H2,1-5H3. The Labute approximate surface area is 116 Å². The Hall–Kier alpha value is -0.880. The molecule has 0 saturated carbocycles. The van der Waals surface area contributed by atoms with E-state index in [4.69, 9.17) is 0 Å². The fourth-order valence-corrected chi connectivity index (χ4v) is 2.49. The summed E-state index contributed by atoms with van der Waals surface area (Å²) >= 11 is 0. The minimum atomic E-state index is -3.09. The average Bonchev–Trinajstić information content (AvgIpc) is 2.70. The summed E-state index contributed by atoms with van der Waals surface area (Å²) in [6, 6.07) is 2.32. The van der Waals surface area contributed by atoms with Crippen LogP contribution >= 0.6 is 0 Å². The first-order valence-electron chi connectivity index (χ1n) is 6.60. The van der Waals surface area contributed by atoms with Gasteiger partial charge in [-0.15, -0.1) is 0 Å². The number of sulfone groups is 1. The third-order valence-corrected chi connectivity index (χ3v) is 5.50. The van der Waals surface area contributed by atoms with Crippen molar-refractivity contribution in [2.45, 2.75) is 58.5 Å². The van der Waals surface area contributed by atoms with Gasteiger partial charge in [-0.3, -0.25) is 4.68 Å². The lowest BCUT2D eigenvalue weighted by Gasteiger charge is -2.18. The van der Waals surface area contributed by atoms with Crippen LogP contribution in [0, 0.1) is 0 Å². The number of nitrogens with one attached hydrogen (secondary N) is 1. The van der Waals surface area contributed by atoms with Gasteiger partial charge in [0.25, 0.3) is 0 Å². The topological polar surface area (TPSA) is 64.0 Å². The molecule has 0 spiro atoms. The van der Waals surface area contributed by atoms with Crippen molar-refractivity contribution in [2.75, 3.05) is 5.75 Å². The molecule has 0 unspecified atom stereocenters. The van der Waals surface area contributed by atoms with Gasteiger partial charge in [0, 0.05) is 18.8 Å². The number of aryl methyl sites for hydroxylation is 1. The molecule has 5 nitrogen and oxygen atoms in total. The molecule has 0 aromatic carbocycles. The summed E-state index contributed by atoms with van der Waals surface area (Å²) in [7, 11) is -3.09. The van der Waals surface area contributed by atoms with E-state index in [9.17, 15) is 8.42 Å². The van der Waals surface area contributed by atoms with E-state index in [1.54, 1.807) is 25.5 Å². The van der Waals surface area contributed by atoms with Crippen LogP contribution in [-0.2, 0) is 22.9 Å². The molecule has 0 saturated heterocycles. The quantitative estimate of drug-likeness (QED) is 0.863. The molecule has 0 amide bonds. The van der Waals surface area contributed by atoms with Crippen molar-refractivity contribution in [3.8, 4) is 0 Å². The highest BCUT2D eigenvalue weighted by atomic mass is 32.2.